The standard InChI is InChI=1S/C16H25NO2/c1-13(19)10-16-4-2-3-9-17(16)11-14-5-7-15(12-18)8-6-14/h5-8,13,16,18-19H,2-4,9-12H2,1H3. The van der Waals surface area contributed by atoms with Crippen molar-refractivity contribution in [3.8, 4) is 0 Å². The van der Waals surface area contributed by atoms with E-state index in [1.807, 2.05) is 19.1 Å². The molecule has 1 aromatic carbocycles. The van der Waals surface area contributed by atoms with Crippen LogP contribution in [0.2, 0.25) is 0 Å². The van der Waals surface area contributed by atoms with E-state index in [1.165, 1.54) is 24.8 Å². The topological polar surface area (TPSA) is 43.7 Å². The van der Waals surface area contributed by atoms with Crippen molar-refractivity contribution in [3.63, 3.8) is 0 Å². The molecule has 1 fully saturated rings. The molecule has 0 saturated carbocycles. The highest BCUT2D eigenvalue weighted by Crippen LogP contribution is 2.23. The Hall–Kier alpha value is -0.900. The van der Waals surface area contributed by atoms with Crippen LogP contribution < -0.4 is 0 Å². The molecule has 0 radical (unpaired) electrons. The number of benzene rings is 1. The van der Waals surface area contributed by atoms with Gasteiger partial charge in [-0.1, -0.05) is 30.7 Å². The molecule has 1 saturated heterocycles. The van der Waals surface area contributed by atoms with Crippen LogP contribution in [-0.2, 0) is 13.2 Å². The van der Waals surface area contributed by atoms with Gasteiger partial charge in [-0.2, -0.15) is 0 Å². The SMILES string of the molecule is CC(O)CC1CCCCN1Cc1ccc(CO)cc1. The lowest BCUT2D eigenvalue weighted by atomic mass is 9.96. The predicted molar refractivity (Wildman–Crippen MR) is 76.7 cm³/mol. The Labute approximate surface area is 115 Å². The summed E-state index contributed by atoms with van der Waals surface area (Å²) in [5.74, 6) is 0. The first-order valence-electron chi connectivity index (χ1n) is 7.30. The largest absolute Gasteiger partial charge is 0.393 e. The van der Waals surface area contributed by atoms with Crippen LogP contribution in [0.1, 0.15) is 43.7 Å². The normalized spacial score (nSPS) is 22.4. The van der Waals surface area contributed by atoms with Gasteiger partial charge in [-0.15, -0.1) is 0 Å². The lowest BCUT2D eigenvalue weighted by Crippen LogP contribution is -2.40. The second kappa shape index (κ2) is 7.04. The quantitative estimate of drug-likeness (QED) is 0.856. The molecule has 1 heterocycles. The molecule has 1 aromatic rings. The second-order valence-corrected chi connectivity index (χ2v) is 5.68. The zero-order valence-corrected chi connectivity index (χ0v) is 11.8. The van der Waals surface area contributed by atoms with Gasteiger partial charge < -0.3 is 10.2 Å². The summed E-state index contributed by atoms with van der Waals surface area (Å²) in [6.07, 6.45) is 4.37. The number of nitrogens with zero attached hydrogens (tertiary/aromatic N) is 1. The van der Waals surface area contributed by atoms with E-state index in [4.69, 9.17) is 5.11 Å². The van der Waals surface area contributed by atoms with E-state index in [0.717, 1.165) is 25.1 Å². The van der Waals surface area contributed by atoms with E-state index < -0.39 is 0 Å². The Bertz CT molecular complexity index is 375. The molecule has 0 bridgehead atoms. The molecule has 3 nitrogen and oxygen atoms in total. The summed E-state index contributed by atoms with van der Waals surface area (Å²) in [6.45, 7) is 4.06. The van der Waals surface area contributed by atoms with Crippen LogP contribution >= 0.6 is 0 Å². The van der Waals surface area contributed by atoms with Gasteiger partial charge in [-0.25, -0.2) is 0 Å². The van der Waals surface area contributed by atoms with Gasteiger partial charge in [0.25, 0.3) is 0 Å². The minimum absolute atomic E-state index is 0.106. The van der Waals surface area contributed by atoms with Crippen molar-refractivity contribution < 1.29 is 10.2 Å². The van der Waals surface area contributed by atoms with E-state index in [9.17, 15) is 5.11 Å². The molecule has 2 N–H and O–H groups in total. The maximum absolute atomic E-state index is 9.60. The van der Waals surface area contributed by atoms with Crippen molar-refractivity contribution in [2.24, 2.45) is 0 Å². The molecule has 3 heteroatoms. The number of likely N-dealkylation sites (tertiary alicyclic amines) is 1. The molecule has 0 aromatic heterocycles. The zero-order chi connectivity index (χ0) is 13.7. The van der Waals surface area contributed by atoms with Gasteiger partial charge in [0, 0.05) is 12.6 Å². The Balaban J connectivity index is 1.97. The average molecular weight is 263 g/mol. The highest BCUT2D eigenvalue weighted by molar-refractivity contribution is 5.22. The second-order valence-electron chi connectivity index (χ2n) is 5.68. The number of hydrogen-bond acceptors (Lipinski definition) is 3. The highest BCUT2D eigenvalue weighted by atomic mass is 16.3. The fourth-order valence-corrected chi connectivity index (χ4v) is 2.91. The van der Waals surface area contributed by atoms with Crippen LogP contribution in [0, 0.1) is 0 Å². The first-order chi connectivity index (χ1) is 9.19. The summed E-state index contributed by atoms with van der Waals surface area (Å²) in [7, 11) is 0. The average Bonchev–Trinajstić information content (AvgIpc) is 2.41. The minimum Gasteiger partial charge on any atom is -0.393 e. The van der Waals surface area contributed by atoms with E-state index >= 15 is 0 Å². The van der Waals surface area contributed by atoms with Crippen molar-refractivity contribution in [2.75, 3.05) is 6.54 Å². The van der Waals surface area contributed by atoms with Crippen LogP contribution in [0.3, 0.4) is 0 Å². The predicted octanol–water partition coefficient (Wildman–Crippen LogP) is 2.30. The number of rotatable bonds is 5. The fraction of sp³-hybridized carbons (Fsp3) is 0.625. The van der Waals surface area contributed by atoms with Crippen LogP contribution in [0.25, 0.3) is 0 Å². The first-order valence-corrected chi connectivity index (χ1v) is 7.30. The van der Waals surface area contributed by atoms with Gasteiger partial charge in [0.05, 0.1) is 12.7 Å². The van der Waals surface area contributed by atoms with Crippen molar-refractivity contribution in [1.29, 1.82) is 0 Å². The lowest BCUT2D eigenvalue weighted by molar-refractivity contribution is 0.0818. The summed E-state index contributed by atoms with van der Waals surface area (Å²) in [5, 5.41) is 18.7. The number of piperidine rings is 1. The molecule has 1 aliphatic rings. The number of aliphatic hydroxyl groups is 2. The van der Waals surface area contributed by atoms with Crippen LogP contribution in [0.15, 0.2) is 24.3 Å². The molecule has 0 spiro atoms. The van der Waals surface area contributed by atoms with Crippen LogP contribution in [0.5, 0.6) is 0 Å². The van der Waals surface area contributed by atoms with Gasteiger partial charge in [0.15, 0.2) is 0 Å². The summed E-state index contributed by atoms with van der Waals surface area (Å²) in [4.78, 5) is 2.49. The highest BCUT2D eigenvalue weighted by Gasteiger charge is 2.23. The summed E-state index contributed by atoms with van der Waals surface area (Å²) in [5.41, 5.74) is 2.25. The molecule has 1 aliphatic heterocycles. The summed E-state index contributed by atoms with van der Waals surface area (Å²) < 4.78 is 0. The van der Waals surface area contributed by atoms with Crippen LogP contribution in [0.4, 0.5) is 0 Å². The number of aliphatic hydroxyl groups excluding tert-OH is 2. The lowest BCUT2D eigenvalue weighted by Gasteiger charge is -2.36. The molecule has 2 atom stereocenters. The third-order valence-electron chi connectivity index (χ3n) is 3.95. The Kier molecular flexibility index (Phi) is 5.37. The van der Waals surface area contributed by atoms with Gasteiger partial charge in [0.1, 0.15) is 0 Å². The van der Waals surface area contributed by atoms with E-state index in [2.05, 4.69) is 17.0 Å². The summed E-state index contributed by atoms with van der Waals surface area (Å²) >= 11 is 0. The van der Waals surface area contributed by atoms with Crippen molar-refractivity contribution >= 4 is 0 Å². The molecular weight excluding hydrogens is 238 g/mol. The first kappa shape index (κ1) is 14.5. The van der Waals surface area contributed by atoms with Gasteiger partial charge in [-0.3, -0.25) is 4.90 Å². The Morgan fingerprint density at radius 3 is 2.53 bits per heavy atom. The Morgan fingerprint density at radius 1 is 1.21 bits per heavy atom. The minimum atomic E-state index is -0.220. The molecule has 0 amide bonds. The van der Waals surface area contributed by atoms with Gasteiger partial charge in [0.2, 0.25) is 0 Å². The van der Waals surface area contributed by atoms with Crippen molar-refractivity contribution in [1.82, 2.24) is 4.90 Å². The van der Waals surface area contributed by atoms with Crippen LogP contribution in [-0.4, -0.2) is 33.8 Å². The fourth-order valence-electron chi connectivity index (χ4n) is 2.91. The molecule has 19 heavy (non-hydrogen) atoms. The van der Waals surface area contributed by atoms with E-state index in [-0.39, 0.29) is 12.7 Å². The maximum atomic E-state index is 9.60. The summed E-state index contributed by atoms with van der Waals surface area (Å²) in [6, 6.07) is 8.68. The zero-order valence-electron chi connectivity index (χ0n) is 11.8. The third kappa shape index (κ3) is 4.30. The van der Waals surface area contributed by atoms with Crippen molar-refractivity contribution in [2.45, 2.75) is 57.9 Å². The molecule has 2 unspecified atom stereocenters. The van der Waals surface area contributed by atoms with Gasteiger partial charge >= 0.3 is 0 Å². The smallest absolute Gasteiger partial charge is 0.0681 e. The maximum Gasteiger partial charge on any atom is 0.0681 e. The number of hydrogen-bond donors (Lipinski definition) is 2. The van der Waals surface area contributed by atoms with Gasteiger partial charge in [-0.05, 0) is 43.9 Å². The molecule has 2 rings (SSSR count). The van der Waals surface area contributed by atoms with E-state index in [0.29, 0.717) is 6.04 Å². The third-order valence-corrected chi connectivity index (χ3v) is 3.95. The molecule has 106 valence electrons. The monoisotopic (exact) mass is 263 g/mol. The molecular formula is C16H25NO2. The van der Waals surface area contributed by atoms with Crippen molar-refractivity contribution in [3.05, 3.63) is 35.4 Å². The van der Waals surface area contributed by atoms with E-state index in [1.54, 1.807) is 0 Å². The Morgan fingerprint density at radius 2 is 1.89 bits per heavy atom. The molecule has 0 aliphatic carbocycles.